The molecule has 0 bridgehead atoms. The lowest BCUT2D eigenvalue weighted by Gasteiger charge is -1.96. The van der Waals surface area contributed by atoms with Gasteiger partial charge in [-0.1, -0.05) is 12.1 Å². The average molecular weight is 253 g/mol. The van der Waals surface area contributed by atoms with Crippen LogP contribution in [0.2, 0.25) is 0 Å². The SMILES string of the molecule is NC(CO)C(=O)O.O=C1OC(=O)c2ccccc21. The van der Waals surface area contributed by atoms with Gasteiger partial charge in [0, 0.05) is 0 Å². The number of carboxylic acids is 1. The lowest BCUT2D eigenvalue weighted by Crippen LogP contribution is -2.33. The van der Waals surface area contributed by atoms with E-state index >= 15 is 0 Å². The second-order valence-corrected chi connectivity index (χ2v) is 3.35. The molecule has 0 aromatic heterocycles. The van der Waals surface area contributed by atoms with E-state index in [-0.39, 0.29) is 0 Å². The van der Waals surface area contributed by atoms with Gasteiger partial charge in [-0.3, -0.25) is 4.79 Å². The molecular formula is C11H11NO6. The third kappa shape index (κ3) is 3.12. The van der Waals surface area contributed by atoms with E-state index in [9.17, 15) is 14.4 Å². The summed E-state index contributed by atoms with van der Waals surface area (Å²) < 4.78 is 4.35. The number of fused-ring (bicyclic) bond motifs is 1. The van der Waals surface area contributed by atoms with E-state index in [4.69, 9.17) is 15.9 Å². The summed E-state index contributed by atoms with van der Waals surface area (Å²) in [7, 11) is 0. The third-order valence-electron chi connectivity index (χ3n) is 2.07. The molecule has 7 nitrogen and oxygen atoms in total. The molecule has 1 unspecified atom stereocenters. The minimum absolute atomic E-state index is 0.359. The van der Waals surface area contributed by atoms with Crippen molar-refractivity contribution in [3.63, 3.8) is 0 Å². The van der Waals surface area contributed by atoms with Crippen molar-refractivity contribution in [1.29, 1.82) is 0 Å². The van der Waals surface area contributed by atoms with Crippen molar-refractivity contribution in [2.24, 2.45) is 5.73 Å². The number of rotatable bonds is 2. The predicted molar refractivity (Wildman–Crippen MR) is 58.9 cm³/mol. The van der Waals surface area contributed by atoms with Crippen molar-refractivity contribution in [2.75, 3.05) is 6.61 Å². The summed E-state index contributed by atoms with van der Waals surface area (Å²) in [6, 6.07) is 5.41. The average Bonchev–Trinajstić information content (AvgIpc) is 2.65. The maximum atomic E-state index is 10.8. The molecule has 1 heterocycles. The zero-order valence-corrected chi connectivity index (χ0v) is 9.20. The first-order valence-electron chi connectivity index (χ1n) is 4.92. The van der Waals surface area contributed by atoms with Crippen LogP contribution in [0.5, 0.6) is 0 Å². The number of nitrogens with two attached hydrogens (primary N) is 1. The standard InChI is InChI=1S/C8H4O3.C3H7NO3/c9-7-5-3-1-2-4-6(5)8(10)11-7;4-2(1-5)3(6)7/h1-4H;2,5H,1,4H2,(H,6,7). The first-order valence-corrected chi connectivity index (χ1v) is 4.92. The molecule has 1 aliphatic rings. The Kier molecular flexibility index (Phi) is 4.52. The molecule has 2 rings (SSSR count). The van der Waals surface area contributed by atoms with Crippen molar-refractivity contribution in [2.45, 2.75) is 6.04 Å². The van der Waals surface area contributed by atoms with E-state index in [1.165, 1.54) is 0 Å². The van der Waals surface area contributed by atoms with Gasteiger partial charge >= 0.3 is 17.9 Å². The number of carboxylic acid groups (broad SMARTS) is 1. The van der Waals surface area contributed by atoms with Gasteiger partial charge in [0.15, 0.2) is 0 Å². The van der Waals surface area contributed by atoms with Gasteiger partial charge in [0.1, 0.15) is 6.04 Å². The van der Waals surface area contributed by atoms with Crippen molar-refractivity contribution in [3.05, 3.63) is 35.4 Å². The fraction of sp³-hybridized carbons (Fsp3) is 0.182. The van der Waals surface area contributed by atoms with Crippen LogP contribution in [0.1, 0.15) is 20.7 Å². The lowest BCUT2D eigenvalue weighted by molar-refractivity contribution is -0.139. The topological polar surface area (TPSA) is 127 Å². The maximum absolute atomic E-state index is 10.8. The predicted octanol–water partition coefficient (Wildman–Crippen LogP) is -0.612. The molecule has 7 heteroatoms. The van der Waals surface area contributed by atoms with Gasteiger partial charge in [0.05, 0.1) is 17.7 Å². The monoisotopic (exact) mass is 253 g/mol. The fourth-order valence-corrected chi connectivity index (χ4v) is 1.11. The molecule has 1 atom stereocenters. The summed E-state index contributed by atoms with van der Waals surface area (Å²) in [6.07, 6.45) is 0. The lowest BCUT2D eigenvalue weighted by atomic mass is 10.1. The summed E-state index contributed by atoms with van der Waals surface area (Å²) in [5, 5.41) is 15.9. The van der Waals surface area contributed by atoms with E-state index < -0.39 is 30.6 Å². The highest BCUT2D eigenvalue weighted by Crippen LogP contribution is 2.18. The molecule has 0 saturated carbocycles. The Balaban J connectivity index is 0.000000203. The molecular weight excluding hydrogens is 242 g/mol. The largest absolute Gasteiger partial charge is 0.480 e. The summed E-state index contributed by atoms with van der Waals surface area (Å²) >= 11 is 0. The van der Waals surface area contributed by atoms with Gasteiger partial charge in [-0.05, 0) is 12.1 Å². The number of aliphatic carboxylic acids is 1. The first kappa shape index (κ1) is 13.8. The smallest absolute Gasteiger partial charge is 0.346 e. The minimum atomic E-state index is -1.18. The van der Waals surface area contributed by atoms with Crippen LogP contribution in [0.25, 0.3) is 0 Å². The first-order chi connectivity index (χ1) is 8.47. The zero-order chi connectivity index (χ0) is 13.7. The summed E-state index contributed by atoms with van der Waals surface area (Å²) in [4.78, 5) is 31.3. The fourth-order valence-electron chi connectivity index (χ4n) is 1.11. The molecule has 1 aromatic carbocycles. The molecule has 0 spiro atoms. The number of carbonyl (C=O) groups is 3. The Hall–Kier alpha value is -2.25. The Labute approximate surface area is 102 Å². The van der Waals surface area contributed by atoms with Crippen molar-refractivity contribution in [1.82, 2.24) is 0 Å². The molecule has 4 N–H and O–H groups in total. The van der Waals surface area contributed by atoms with Gasteiger partial charge < -0.3 is 20.7 Å². The maximum Gasteiger partial charge on any atom is 0.346 e. The van der Waals surface area contributed by atoms with E-state index in [0.29, 0.717) is 11.1 Å². The van der Waals surface area contributed by atoms with Crippen LogP contribution >= 0.6 is 0 Å². The van der Waals surface area contributed by atoms with Gasteiger partial charge in [-0.15, -0.1) is 0 Å². The number of ether oxygens (including phenoxy) is 1. The van der Waals surface area contributed by atoms with Crippen molar-refractivity contribution in [3.8, 4) is 0 Å². The molecule has 0 fully saturated rings. The molecule has 0 saturated heterocycles. The van der Waals surface area contributed by atoms with Crippen molar-refractivity contribution < 1.29 is 29.3 Å². The molecule has 1 aliphatic heterocycles. The highest BCUT2D eigenvalue weighted by Gasteiger charge is 2.28. The molecule has 0 radical (unpaired) electrons. The number of aliphatic hydroxyl groups is 1. The Morgan fingerprint density at radius 2 is 1.67 bits per heavy atom. The van der Waals surface area contributed by atoms with Crippen LogP contribution in [0.4, 0.5) is 0 Å². The highest BCUT2D eigenvalue weighted by atomic mass is 16.6. The van der Waals surface area contributed by atoms with Gasteiger partial charge in [-0.25, -0.2) is 9.59 Å². The quantitative estimate of drug-likeness (QED) is 0.473. The summed E-state index contributed by atoms with van der Waals surface area (Å²) in [5.41, 5.74) is 5.48. The Bertz CT molecular complexity index is 451. The van der Waals surface area contributed by atoms with E-state index in [0.717, 1.165) is 0 Å². The third-order valence-corrected chi connectivity index (χ3v) is 2.07. The van der Waals surface area contributed by atoms with Crippen LogP contribution in [0, 0.1) is 0 Å². The second kappa shape index (κ2) is 5.89. The molecule has 0 aliphatic carbocycles. The number of hydrogen-bond donors (Lipinski definition) is 3. The van der Waals surface area contributed by atoms with Crippen LogP contribution in [-0.4, -0.2) is 40.8 Å². The number of cyclic esters (lactones) is 2. The summed E-state index contributed by atoms with van der Waals surface area (Å²) in [5.74, 6) is -2.28. The van der Waals surface area contributed by atoms with Gasteiger partial charge in [-0.2, -0.15) is 0 Å². The number of aliphatic hydroxyl groups excluding tert-OH is 1. The highest BCUT2D eigenvalue weighted by molar-refractivity contribution is 6.14. The van der Waals surface area contributed by atoms with Crippen LogP contribution < -0.4 is 5.73 Å². The molecule has 1 aromatic rings. The van der Waals surface area contributed by atoms with Crippen LogP contribution in [0.3, 0.4) is 0 Å². The minimum Gasteiger partial charge on any atom is -0.480 e. The Morgan fingerprint density at radius 3 is 1.94 bits per heavy atom. The number of hydrogen-bond acceptors (Lipinski definition) is 6. The van der Waals surface area contributed by atoms with E-state index in [1.54, 1.807) is 24.3 Å². The number of carbonyl (C=O) groups excluding carboxylic acids is 2. The van der Waals surface area contributed by atoms with E-state index in [2.05, 4.69) is 4.74 Å². The van der Waals surface area contributed by atoms with E-state index in [1.807, 2.05) is 0 Å². The van der Waals surface area contributed by atoms with Crippen LogP contribution in [-0.2, 0) is 9.53 Å². The van der Waals surface area contributed by atoms with Crippen LogP contribution in [0.15, 0.2) is 24.3 Å². The van der Waals surface area contributed by atoms with Gasteiger partial charge in [0.25, 0.3) is 0 Å². The summed E-state index contributed by atoms with van der Waals surface area (Å²) in [6.45, 7) is -0.505. The Morgan fingerprint density at radius 1 is 1.22 bits per heavy atom. The number of esters is 2. The second-order valence-electron chi connectivity index (χ2n) is 3.35. The van der Waals surface area contributed by atoms with Gasteiger partial charge in [0.2, 0.25) is 0 Å². The normalized spacial score (nSPS) is 14.1. The molecule has 96 valence electrons. The zero-order valence-electron chi connectivity index (χ0n) is 9.20. The number of benzene rings is 1. The molecule has 18 heavy (non-hydrogen) atoms. The van der Waals surface area contributed by atoms with Crippen molar-refractivity contribution >= 4 is 17.9 Å². The molecule has 0 amide bonds.